The Balaban J connectivity index is 1.45. The highest BCUT2D eigenvalue weighted by Crippen LogP contribution is 2.44. The Morgan fingerprint density at radius 2 is 1.91 bits per heavy atom. The number of ether oxygens (including phenoxy) is 2. The van der Waals surface area contributed by atoms with Gasteiger partial charge in [-0.3, -0.25) is 14.6 Å². The summed E-state index contributed by atoms with van der Waals surface area (Å²) in [6.07, 6.45) is 5.93. The molecule has 0 spiro atoms. The maximum atomic E-state index is 14.6. The molecule has 5 atom stereocenters. The van der Waals surface area contributed by atoms with Crippen LogP contribution in [0.2, 0.25) is 0 Å². The number of fused-ring (bicyclic) bond motifs is 3. The third-order valence-corrected chi connectivity index (χ3v) is 10.5. The van der Waals surface area contributed by atoms with Gasteiger partial charge in [0, 0.05) is 31.0 Å². The molecule has 3 aromatic rings. The monoisotopic (exact) mass is 632 g/mol. The fraction of sp³-hybridized carbons (Fsp3) is 0.417. The van der Waals surface area contributed by atoms with Crippen LogP contribution in [0.5, 0.6) is 5.75 Å². The van der Waals surface area contributed by atoms with Gasteiger partial charge in [0.2, 0.25) is 5.43 Å². The van der Waals surface area contributed by atoms with Gasteiger partial charge in [0.05, 0.1) is 30.9 Å². The molecule has 1 aromatic heterocycles. The number of aliphatic imine (C=N–C) groups is 1. The molecule has 0 bridgehead atoms. The zero-order valence-electron chi connectivity index (χ0n) is 25.8. The summed E-state index contributed by atoms with van der Waals surface area (Å²) >= 11 is 1.31. The number of nitrogens with zero attached hydrogens (tertiary/aromatic N) is 2. The number of halogens is 2. The number of benzene rings is 2. The fourth-order valence-electron chi connectivity index (χ4n) is 6.67. The first-order chi connectivity index (χ1) is 21.8. The van der Waals surface area contributed by atoms with Gasteiger partial charge >= 0.3 is 0 Å². The summed E-state index contributed by atoms with van der Waals surface area (Å²) in [5.41, 5.74) is 1.49. The molecule has 45 heavy (non-hydrogen) atoms. The molecule has 0 aliphatic carbocycles. The number of aromatic nitrogens is 1. The minimum Gasteiger partial charge on any atom is -0.483 e. The highest BCUT2D eigenvalue weighted by molar-refractivity contribution is 8.17. The lowest BCUT2D eigenvalue weighted by molar-refractivity contribution is 0.0899. The summed E-state index contributed by atoms with van der Waals surface area (Å²) in [6.45, 7) is 7.44. The molecule has 2 aromatic carbocycles. The van der Waals surface area contributed by atoms with E-state index < -0.39 is 17.1 Å². The number of ketones is 1. The smallest absolute Gasteiger partial charge is 0.234 e. The van der Waals surface area contributed by atoms with Crippen LogP contribution in [0.25, 0.3) is 0 Å². The number of pyridine rings is 1. The van der Waals surface area contributed by atoms with Gasteiger partial charge in [-0.1, -0.05) is 75.4 Å². The summed E-state index contributed by atoms with van der Waals surface area (Å²) in [5.74, 6) is -0.772. The van der Waals surface area contributed by atoms with E-state index in [0.717, 1.165) is 23.0 Å². The average Bonchev–Trinajstić information content (AvgIpc) is 3.49. The number of Topliss-reactive ketones (excluding diaryl/α,β-unsaturated/α-hetero) is 1. The highest BCUT2D eigenvalue weighted by Gasteiger charge is 2.44. The lowest BCUT2D eigenvalue weighted by Crippen LogP contribution is -2.30. The van der Waals surface area contributed by atoms with Crippen molar-refractivity contribution >= 4 is 22.6 Å². The van der Waals surface area contributed by atoms with E-state index in [-0.39, 0.29) is 48.5 Å². The lowest BCUT2D eigenvalue weighted by atomic mass is 9.76. The van der Waals surface area contributed by atoms with Gasteiger partial charge < -0.3 is 14.0 Å². The molecule has 3 aliphatic rings. The molecule has 236 valence electrons. The molecule has 9 heteroatoms. The molecule has 5 unspecified atom stereocenters. The van der Waals surface area contributed by atoms with E-state index in [0.29, 0.717) is 53.8 Å². The van der Waals surface area contributed by atoms with Crippen molar-refractivity contribution < 1.29 is 23.0 Å². The van der Waals surface area contributed by atoms with Gasteiger partial charge in [-0.15, -0.1) is 0 Å². The number of allylic oxidation sites excluding steroid dienone is 1. The predicted molar refractivity (Wildman–Crippen MR) is 173 cm³/mol. The first-order valence-corrected chi connectivity index (χ1v) is 16.6. The number of thioether (sulfide) groups is 1. The van der Waals surface area contributed by atoms with Crippen LogP contribution in [0, 0.1) is 29.4 Å². The molecule has 3 aliphatic heterocycles. The van der Waals surface area contributed by atoms with E-state index in [1.165, 1.54) is 23.9 Å². The van der Waals surface area contributed by atoms with Crippen LogP contribution in [0.1, 0.15) is 73.3 Å². The zero-order chi connectivity index (χ0) is 31.7. The summed E-state index contributed by atoms with van der Waals surface area (Å²) < 4.78 is 42.5. The lowest BCUT2D eigenvalue weighted by Gasteiger charge is -2.30. The predicted octanol–water partition coefficient (Wildman–Crippen LogP) is 7.54. The molecule has 0 amide bonds. The van der Waals surface area contributed by atoms with Crippen molar-refractivity contribution in [2.75, 3.05) is 13.2 Å². The Hall–Kier alpha value is -3.56. The van der Waals surface area contributed by atoms with Gasteiger partial charge in [0.15, 0.2) is 11.5 Å². The maximum Gasteiger partial charge on any atom is 0.234 e. The van der Waals surface area contributed by atoms with Crippen LogP contribution < -0.4 is 10.2 Å². The van der Waals surface area contributed by atoms with E-state index in [1.807, 2.05) is 47.9 Å². The summed E-state index contributed by atoms with van der Waals surface area (Å²) in [6, 6.07) is 12.8. The first kappa shape index (κ1) is 31.4. The third-order valence-electron chi connectivity index (χ3n) is 9.40. The summed E-state index contributed by atoms with van der Waals surface area (Å²) in [7, 11) is 0. The van der Waals surface area contributed by atoms with E-state index in [1.54, 1.807) is 6.20 Å². The maximum absolute atomic E-state index is 14.6. The second-order valence-corrected chi connectivity index (χ2v) is 13.3. The number of hydrogen-bond acceptors (Lipinski definition) is 6. The van der Waals surface area contributed by atoms with Crippen LogP contribution >= 0.6 is 11.8 Å². The van der Waals surface area contributed by atoms with Crippen LogP contribution in [0.15, 0.2) is 75.5 Å². The van der Waals surface area contributed by atoms with Crippen LogP contribution in [0.3, 0.4) is 0 Å². The van der Waals surface area contributed by atoms with Crippen molar-refractivity contribution in [2.24, 2.45) is 22.7 Å². The molecule has 4 heterocycles. The average molecular weight is 633 g/mol. The van der Waals surface area contributed by atoms with E-state index in [9.17, 15) is 18.4 Å². The minimum absolute atomic E-state index is 0.0360. The largest absolute Gasteiger partial charge is 0.483 e. The quantitative estimate of drug-likeness (QED) is 0.244. The normalized spacial score (nSPS) is 23.4. The van der Waals surface area contributed by atoms with Crippen molar-refractivity contribution in [1.29, 1.82) is 0 Å². The van der Waals surface area contributed by atoms with Gasteiger partial charge in [-0.2, -0.15) is 0 Å². The van der Waals surface area contributed by atoms with Gasteiger partial charge in [-0.25, -0.2) is 8.78 Å². The van der Waals surface area contributed by atoms with Crippen molar-refractivity contribution in [1.82, 2.24) is 4.57 Å². The second kappa shape index (κ2) is 13.4. The van der Waals surface area contributed by atoms with E-state index in [2.05, 4.69) is 13.8 Å². The van der Waals surface area contributed by atoms with Crippen molar-refractivity contribution in [3.63, 3.8) is 0 Å². The topological polar surface area (TPSA) is 69.9 Å². The molecular formula is C36H38F2N2O4S. The third kappa shape index (κ3) is 6.42. The van der Waals surface area contributed by atoms with Crippen molar-refractivity contribution in [2.45, 2.75) is 65.1 Å². The number of rotatable bonds is 9. The Morgan fingerprint density at radius 1 is 1.11 bits per heavy atom. The first-order valence-electron chi connectivity index (χ1n) is 15.7. The summed E-state index contributed by atoms with van der Waals surface area (Å²) in [5, 5.41) is 0.498. The van der Waals surface area contributed by atoms with Crippen molar-refractivity contribution in [3.05, 3.63) is 110 Å². The molecule has 0 radical (unpaired) electrons. The van der Waals surface area contributed by atoms with Crippen LogP contribution in [-0.4, -0.2) is 34.6 Å². The number of carbonyl (C=O) groups excluding carboxylic acids is 1. The molecule has 0 N–H and O–H groups in total. The Bertz CT molecular complexity index is 1700. The van der Waals surface area contributed by atoms with Gasteiger partial charge in [0.1, 0.15) is 29.0 Å². The molecule has 1 saturated heterocycles. The Labute approximate surface area is 266 Å². The Morgan fingerprint density at radius 3 is 2.64 bits per heavy atom. The second-order valence-electron chi connectivity index (χ2n) is 12.2. The van der Waals surface area contributed by atoms with E-state index >= 15 is 0 Å². The number of carbonyl (C=O) groups is 1. The molecule has 6 rings (SSSR count). The molecule has 6 nitrogen and oxygen atoms in total. The van der Waals surface area contributed by atoms with Crippen molar-refractivity contribution in [3.8, 4) is 5.75 Å². The summed E-state index contributed by atoms with van der Waals surface area (Å²) in [4.78, 5) is 34.2. The van der Waals surface area contributed by atoms with Gasteiger partial charge in [0.25, 0.3) is 0 Å². The Kier molecular flexibility index (Phi) is 9.38. The highest BCUT2D eigenvalue weighted by atomic mass is 32.2. The molecule has 1 fully saturated rings. The fourth-order valence-corrected chi connectivity index (χ4v) is 7.81. The van der Waals surface area contributed by atoms with E-state index in [4.69, 9.17) is 14.5 Å². The molecule has 0 saturated carbocycles. The molecular weight excluding hydrogens is 594 g/mol. The standard InChI is InChI=1S/C36H38F2N2O4S/c1-4-21(3)27-16-32(41)33-35(44-18-22-9-7-6-8-10-22)34(42)28(17-40(33)31-20-43-19-29(27)31)36-39-25(5-2)15-26(45-36)13-23-11-12-24(37)14-30(23)38/h6-12,14-15,17,21,25,27,29,31H,4-5,13,16,18-20H2,1-3H3. The van der Waals surface area contributed by atoms with Crippen LogP contribution in [-0.2, 0) is 17.8 Å². The SMILES string of the molecule is CCC1C=C(Cc2ccc(F)cc2F)SC(c2cn3c(c(OCc4ccccc4)c2=O)C(=O)CC(C(C)CC)C2COCC23)=N1. The van der Waals surface area contributed by atoms with Crippen LogP contribution in [0.4, 0.5) is 8.78 Å². The number of hydrogen-bond donors (Lipinski definition) is 0. The minimum atomic E-state index is -0.629. The zero-order valence-corrected chi connectivity index (χ0v) is 26.6. The van der Waals surface area contributed by atoms with Gasteiger partial charge in [-0.05, 0) is 46.4 Å².